The number of halogens is 1. The molecular weight excluding hydrogens is 296 g/mol. The van der Waals surface area contributed by atoms with Crippen LogP contribution >= 0.6 is 22.0 Å². The van der Waals surface area contributed by atoms with Gasteiger partial charge in [-0.05, 0) is 20.8 Å². The third kappa shape index (κ3) is 2.27. The summed E-state index contributed by atoms with van der Waals surface area (Å²) in [4.78, 5) is 5.10. The number of hydrogen-bond donors (Lipinski definition) is 0. The molecule has 0 N–H and O–H groups in total. The predicted molar refractivity (Wildman–Crippen MR) is 69.3 cm³/mol. The molecule has 2 aromatic rings. The van der Waals surface area contributed by atoms with E-state index >= 15 is 0 Å². The summed E-state index contributed by atoms with van der Waals surface area (Å²) in [7, 11) is 1.43. The first-order valence-electron chi connectivity index (χ1n) is 5.16. The Morgan fingerprint density at radius 1 is 1.33 bits per heavy atom. The monoisotopic (exact) mass is 306 g/mol. The molecule has 98 valence electrons. The van der Waals surface area contributed by atoms with E-state index in [9.17, 15) is 8.42 Å². The molecule has 0 saturated heterocycles. The van der Waals surface area contributed by atoms with Crippen LogP contribution in [0.25, 0.3) is 10.7 Å². The summed E-state index contributed by atoms with van der Waals surface area (Å²) in [5.74, 6) is 0.486. The van der Waals surface area contributed by atoms with Crippen LogP contribution in [0.5, 0.6) is 0 Å². The molecule has 9 heteroatoms. The number of aryl methyl sites for hydroxylation is 2. The van der Waals surface area contributed by atoms with E-state index in [0.717, 1.165) is 15.6 Å². The highest BCUT2D eigenvalue weighted by Gasteiger charge is 2.24. The van der Waals surface area contributed by atoms with Crippen molar-refractivity contribution in [1.29, 1.82) is 0 Å². The van der Waals surface area contributed by atoms with Crippen LogP contribution in [0.4, 0.5) is 0 Å². The van der Waals surface area contributed by atoms with Gasteiger partial charge in [0.05, 0.1) is 15.6 Å². The van der Waals surface area contributed by atoms with Gasteiger partial charge in [-0.3, -0.25) is 4.57 Å². The first-order valence-corrected chi connectivity index (χ1v) is 8.29. The van der Waals surface area contributed by atoms with Gasteiger partial charge in [-0.2, -0.15) is 0 Å². The Bertz CT molecular complexity index is 689. The third-order valence-electron chi connectivity index (χ3n) is 2.36. The van der Waals surface area contributed by atoms with E-state index in [2.05, 4.69) is 15.2 Å². The van der Waals surface area contributed by atoms with Gasteiger partial charge in [-0.1, -0.05) is 0 Å². The summed E-state index contributed by atoms with van der Waals surface area (Å²) in [5.41, 5.74) is 0.804. The molecule has 0 atom stereocenters. The molecule has 0 fully saturated rings. The highest BCUT2D eigenvalue weighted by molar-refractivity contribution is 8.13. The summed E-state index contributed by atoms with van der Waals surface area (Å²) in [6, 6.07) is 0. The largest absolute Gasteiger partial charge is 0.296 e. The molecule has 0 bridgehead atoms. The average Bonchev–Trinajstić information content (AvgIpc) is 2.79. The molecule has 0 amide bonds. The number of nitrogens with zero attached hydrogens (tertiary/aromatic N) is 4. The minimum atomic E-state index is -3.89. The van der Waals surface area contributed by atoms with Gasteiger partial charge in [-0.15, -0.1) is 21.5 Å². The number of aromatic nitrogens is 4. The van der Waals surface area contributed by atoms with Gasteiger partial charge in [0.25, 0.3) is 14.2 Å². The molecule has 0 aliphatic carbocycles. The minimum Gasteiger partial charge on any atom is -0.296 e. The first kappa shape index (κ1) is 13.4. The van der Waals surface area contributed by atoms with E-state index in [0.29, 0.717) is 12.4 Å². The second-order valence-corrected chi connectivity index (χ2v) is 7.30. The van der Waals surface area contributed by atoms with Crippen LogP contribution in [-0.2, 0) is 15.6 Å². The molecule has 18 heavy (non-hydrogen) atoms. The highest BCUT2D eigenvalue weighted by atomic mass is 35.7. The Labute approximate surface area is 113 Å². The van der Waals surface area contributed by atoms with Crippen molar-refractivity contribution in [3.63, 3.8) is 0 Å². The fraction of sp³-hybridized carbons (Fsp3) is 0.444. The van der Waals surface area contributed by atoms with Crippen molar-refractivity contribution in [2.75, 3.05) is 0 Å². The molecule has 2 rings (SSSR count). The van der Waals surface area contributed by atoms with E-state index in [4.69, 9.17) is 10.7 Å². The molecular formula is C9H11ClN4O2S2. The molecule has 0 spiro atoms. The van der Waals surface area contributed by atoms with Crippen molar-refractivity contribution in [2.45, 2.75) is 32.5 Å². The van der Waals surface area contributed by atoms with Crippen molar-refractivity contribution < 1.29 is 8.42 Å². The zero-order chi connectivity index (χ0) is 13.5. The van der Waals surface area contributed by atoms with Crippen LogP contribution in [0.2, 0.25) is 0 Å². The lowest BCUT2D eigenvalue weighted by Gasteiger charge is -2.03. The zero-order valence-electron chi connectivity index (χ0n) is 10.0. The standard InChI is InChI=1S/C9H11ClN4O2S2/c1-4-14-8(7-5(2)11-6(3)17-7)12-13-9(14)18(10,15)16/h4H2,1-3H3. The Morgan fingerprint density at radius 3 is 2.44 bits per heavy atom. The molecule has 0 aliphatic heterocycles. The number of hydrogen-bond acceptors (Lipinski definition) is 6. The predicted octanol–water partition coefficient (Wildman–Crippen LogP) is 1.97. The van der Waals surface area contributed by atoms with Crippen LogP contribution in [-0.4, -0.2) is 28.2 Å². The van der Waals surface area contributed by atoms with Crippen LogP contribution in [0.1, 0.15) is 17.6 Å². The van der Waals surface area contributed by atoms with E-state index in [1.54, 1.807) is 0 Å². The topological polar surface area (TPSA) is 77.7 Å². The van der Waals surface area contributed by atoms with Crippen molar-refractivity contribution in [1.82, 2.24) is 19.7 Å². The lowest BCUT2D eigenvalue weighted by atomic mass is 10.4. The Morgan fingerprint density at radius 2 is 2.00 bits per heavy atom. The SMILES string of the molecule is CCn1c(-c2sc(C)nc2C)nnc1S(=O)(=O)Cl. The maximum atomic E-state index is 11.4. The molecule has 6 nitrogen and oxygen atoms in total. The smallest absolute Gasteiger partial charge is 0.296 e. The van der Waals surface area contributed by atoms with Gasteiger partial charge >= 0.3 is 0 Å². The molecule has 2 aromatic heterocycles. The van der Waals surface area contributed by atoms with Crippen molar-refractivity contribution >= 4 is 31.1 Å². The minimum absolute atomic E-state index is 0.230. The molecule has 0 aromatic carbocycles. The average molecular weight is 307 g/mol. The maximum absolute atomic E-state index is 11.4. The van der Waals surface area contributed by atoms with E-state index in [1.807, 2.05) is 20.8 Å². The maximum Gasteiger partial charge on any atom is 0.296 e. The number of rotatable bonds is 3. The van der Waals surface area contributed by atoms with Crippen LogP contribution in [0.3, 0.4) is 0 Å². The van der Waals surface area contributed by atoms with Gasteiger partial charge in [0.15, 0.2) is 5.82 Å². The van der Waals surface area contributed by atoms with Crippen molar-refractivity contribution in [2.24, 2.45) is 0 Å². The summed E-state index contributed by atoms with van der Waals surface area (Å²) in [6.07, 6.45) is 0. The van der Waals surface area contributed by atoms with Gasteiger partial charge < -0.3 is 0 Å². The van der Waals surface area contributed by atoms with Crippen LogP contribution in [0, 0.1) is 13.8 Å². The van der Waals surface area contributed by atoms with E-state index in [1.165, 1.54) is 15.9 Å². The Kier molecular flexibility index (Phi) is 3.43. The molecule has 0 radical (unpaired) electrons. The van der Waals surface area contributed by atoms with Crippen LogP contribution in [0.15, 0.2) is 5.16 Å². The van der Waals surface area contributed by atoms with E-state index < -0.39 is 9.05 Å². The van der Waals surface area contributed by atoms with E-state index in [-0.39, 0.29) is 5.16 Å². The fourth-order valence-electron chi connectivity index (χ4n) is 1.66. The highest BCUT2D eigenvalue weighted by Crippen LogP contribution is 2.30. The van der Waals surface area contributed by atoms with Crippen molar-refractivity contribution in [3.8, 4) is 10.7 Å². The molecule has 0 unspecified atom stereocenters. The lowest BCUT2D eigenvalue weighted by Crippen LogP contribution is -2.06. The first-order chi connectivity index (χ1) is 8.34. The van der Waals surface area contributed by atoms with Crippen LogP contribution < -0.4 is 0 Å². The molecule has 0 aliphatic rings. The summed E-state index contributed by atoms with van der Waals surface area (Å²) >= 11 is 1.45. The Balaban J connectivity index is 2.67. The summed E-state index contributed by atoms with van der Waals surface area (Å²) < 4.78 is 24.2. The fourth-order valence-corrected chi connectivity index (χ4v) is 3.53. The third-order valence-corrected chi connectivity index (χ3v) is 4.58. The van der Waals surface area contributed by atoms with Crippen molar-refractivity contribution in [3.05, 3.63) is 10.7 Å². The summed E-state index contributed by atoms with van der Waals surface area (Å²) in [5, 5.41) is 8.24. The zero-order valence-corrected chi connectivity index (χ0v) is 12.4. The Hall–Kier alpha value is -0.990. The quantitative estimate of drug-likeness (QED) is 0.810. The molecule has 2 heterocycles. The lowest BCUT2D eigenvalue weighted by molar-refractivity contribution is 0.583. The molecule has 0 saturated carbocycles. The second kappa shape index (κ2) is 4.60. The van der Waals surface area contributed by atoms with Gasteiger partial charge in [0, 0.05) is 17.2 Å². The van der Waals surface area contributed by atoms with Gasteiger partial charge in [0.1, 0.15) is 0 Å². The number of thiazole rings is 1. The second-order valence-electron chi connectivity index (χ2n) is 3.64. The van der Waals surface area contributed by atoms with Gasteiger partial charge in [0.2, 0.25) is 0 Å². The summed E-state index contributed by atoms with van der Waals surface area (Å²) in [6.45, 7) is 5.96. The van der Waals surface area contributed by atoms with Gasteiger partial charge in [-0.25, -0.2) is 13.4 Å². The normalized spacial score (nSPS) is 12.0.